The van der Waals surface area contributed by atoms with Crippen molar-refractivity contribution in [3.8, 4) is 0 Å². The lowest BCUT2D eigenvalue weighted by atomic mass is 10.0. The first-order chi connectivity index (χ1) is 10.3. The molecule has 0 radical (unpaired) electrons. The number of hydrogen-bond donors (Lipinski definition) is 0. The van der Waals surface area contributed by atoms with Gasteiger partial charge in [0.1, 0.15) is 11.3 Å². The first-order valence-electron chi connectivity index (χ1n) is 7.37. The molecule has 0 aliphatic carbocycles. The molecule has 0 bridgehead atoms. The molecule has 2 nitrogen and oxygen atoms in total. The molecule has 1 aromatic heterocycles. The maximum absolute atomic E-state index is 12.8. The number of para-hydroxylation sites is 1. The lowest BCUT2D eigenvalue weighted by molar-refractivity contribution is 0.523. The first-order valence-corrected chi connectivity index (χ1v) is 7.37. The Labute approximate surface area is 124 Å². The van der Waals surface area contributed by atoms with E-state index < -0.39 is 0 Å². The highest BCUT2D eigenvalue weighted by Crippen LogP contribution is 2.19. The average Bonchev–Trinajstić information content (AvgIpc) is 2.52. The van der Waals surface area contributed by atoms with E-state index >= 15 is 0 Å². The molecule has 0 unspecified atom stereocenters. The highest BCUT2D eigenvalue weighted by molar-refractivity contribution is 5.77. The Bertz CT molecular complexity index is 801. The standard InChI is InChI=1S/C19H18O2/c1-2-8-17-16(13-14-9-4-3-5-10-14)19(20)15-11-6-7-12-18(15)21-17/h3-7,9-12H,2,8,13H2,1H3. The lowest BCUT2D eigenvalue weighted by Crippen LogP contribution is -2.13. The quantitative estimate of drug-likeness (QED) is 0.710. The molecule has 2 heteroatoms. The molecule has 0 N–H and O–H groups in total. The minimum atomic E-state index is 0.101. The smallest absolute Gasteiger partial charge is 0.196 e. The summed E-state index contributed by atoms with van der Waals surface area (Å²) < 4.78 is 5.99. The molecular formula is C19H18O2. The monoisotopic (exact) mass is 278 g/mol. The molecule has 0 aliphatic rings. The summed E-state index contributed by atoms with van der Waals surface area (Å²) in [5, 5.41) is 0.670. The summed E-state index contributed by atoms with van der Waals surface area (Å²) in [4.78, 5) is 12.8. The summed E-state index contributed by atoms with van der Waals surface area (Å²) in [6, 6.07) is 17.6. The van der Waals surface area contributed by atoms with Crippen LogP contribution in [0.25, 0.3) is 11.0 Å². The maximum atomic E-state index is 12.8. The van der Waals surface area contributed by atoms with Gasteiger partial charge in [0.2, 0.25) is 0 Å². The summed E-state index contributed by atoms with van der Waals surface area (Å²) in [5.41, 5.74) is 2.71. The highest BCUT2D eigenvalue weighted by Gasteiger charge is 2.13. The third kappa shape index (κ3) is 2.75. The number of aryl methyl sites for hydroxylation is 1. The van der Waals surface area contributed by atoms with Crippen molar-refractivity contribution in [3.63, 3.8) is 0 Å². The van der Waals surface area contributed by atoms with Gasteiger partial charge in [0.25, 0.3) is 0 Å². The normalized spacial score (nSPS) is 10.9. The van der Waals surface area contributed by atoms with Crippen molar-refractivity contribution in [2.75, 3.05) is 0 Å². The summed E-state index contributed by atoms with van der Waals surface area (Å²) in [6.45, 7) is 2.10. The largest absolute Gasteiger partial charge is 0.461 e. The van der Waals surface area contributed by atoms with Crippen LogP contribution in [0.5, 0.6) is 0 Å². The Kier molecular flexibility index (Phi) is 3.87. The molecule has 106 valence electrons. The predicted octanol–water partition coefficient (Wildman–Crippen LogP) is 4.34. The van der Waals surface area contributed by atoms with Gasteiger partial charge in [0.05, 0.1) is 5.39 Å². The van der Waals surface area contributed by atoms with Crippen LogP contribution in [0, 0.1) is 0 Å². The van der Waals surface area contributed by atoms with Crippen LogP contribution in [0.4, 0.5) is 0 Å². The van der Waals surface area contributed by atoms with Crippen LogP contribution in [0.1, 0.15) is 30.2 Å². The van der Waals surface area contributed by atoms with Gasteiger partial charge < -0.3 is 4.42 Å². The van der Waals surface area contributed by atoms with Crippen molar-refractivity contribution >= 4 is 11.0 Å². The Morgan fingerprint density at radius 1 is 0.952 bits per heavy atom. The molecule has 0 amide bonds. The van der Waals surface area contributed by atoms with E-state index in [0.29, 0.717) is 17.4 Å². The number of benzene rings is 2. The maximum Gasteiger partial charge on any atom is 0.196 e. The Hall–Kier alpha value is -2.35. The average molecular weight is 278 g/mol. The Balaban J connectivity index is 2.17. The van der Waals surface area contributed by atoms with E-state index in [2.05, 4.69) is 6.92 Å². The minimum Gasteiger partial charge on any atom is -0.461 e. The third-order valence-corrected chi connectivity index (χ3v) is 3.68. The van der Waals surface area contributed by atoms with Gasteiger partial charge in [-0.15, -0.1) is 0 Å². The first kappa shape index (κ1) is 13.6. The van der Waals surface area contributed by atoms with Gasteiger partial charge >= 0.3 is 0 Å². The zero-order valence-corrected chi connectivity index (χ0v) is 12.1. The summed E-state index contributed by atoms with van der Waals surface area (Å²) in [6.07, 6.45) is 2.38. The molecule has 0 spiro atoms. The van der Waals surface area contributed by atoms with Gasteiger partial charge in [-0.05, 0) is 24.1 Å². The van der Waals surface area contributed by atoms with Gasteiger partial charge in [0.15, 0.2) is 5.43 Å². The molecule has 0 saturated carbocycles. The van der Waals surface area contributed by atoms with Crippen molar-refractivity contribution in [1.29, 1.82) is 0 Å². The van der Waals surface area contributed by atoms with Crippen molar-refractivity contribution in [2.45, 2.75) is 26.2 Å². The fraction of sp³-hybridized carbons (Fsp3) is 0.211. The van der Waals surface area contributed by atoms with E-state index in [4.69, 9.17) is 4.42 Å². The summed E-state index contributed by atoms with van der Waals surface area (Å²) in [5.74, 6) is 0.824. The van der Waals surface area contributed by atoms with Crippen LogP contribution in [-0.4, -0.2) is 0 Å². The van der Waals surface area contributed by atoms with Crippen LogP contribution < -0.4 is 5.43 Å². The van der Waals surface area contributed by atoms with E-state index in [0.717, 1.165) is 29.7 Å². The molecular weight excluding hydrogens is 260 g/mol. The summed E-state index contributed by atoms with van der Waals surface area (Å²) >= 11 is 0. The van der Waals surface area contributed by atoms with Crippen LogP contribution in [-0.2, 0) is 12.8 Å². The van der Waals surface area contributed by atoms with Gasteiger partial charge in [-0.2, -0.15) is 0 Å². The van der Waals surface area contributed by atoms with Crippen molar-refractivity contribution in [1.82, 2.24) is 0 Å². The Morgan fingerprint density at radius 2 is 1.67 bits per heavy atom. The molecule has 2 aromatic carbocycles. The van der Waals surface area contributed by atoms with Crippen LogP contribution in [0.3, 0.4) is 0 Å². The second-order valence-corrected chi connectivity index (χ2v) is 5.24. The van der Waals surface area contributed by atoms with Gasteiger partial charge in [-0.3, -0.25) is 4.79 Å². The van der Waals surface area contributed by atoms with Crippen molar-refractivity contribution < 1.29 is 4.42 Å². The SMILES string of the molecule is CCCc1oc2ccccc2c(=O)c1Cc1ccccc1. The zero-order chi connectivity index (χ0) is 14.7. The molecule has 0 aliphatic heterocycles. The van der Waals surface area contributed by atoms with Crippen molar-refractivity contribution in [3.05, 3.63) is 81.7 Å². The van der Waals surface area contributed by atoms with Crippen LogP contribution >= 0.6 is 0 Å². The van der Waals surface area contributed by atoms with Gasteiger partial charge in [-0.1, -0.05) is 49.4 Å². The van der Waals surface area contributed by atoms with Crippen LogP contribution in [0.2, 0.25) is 0 Å². The second-order valence-electron chi connectivity index (χ2n) is 5.24. The fourth-order valence-electron chi connectivity index (χ4n) is 2.63. The zero-order valence-electron chi connectivity index (χ0n) is 12.1. The minimum absolute atomic E-state index is 0.101. The van der Waals surface area contributed by atoms with Crippen molar-refractivity contribution in [2.24, 2.45) is 0 Å². The second kappa shape index (κ2) is 5.96. The molecule has 3 aromatic rings. The van der Waals surface area contributed by atoms with E-state index in [1.54, 1.807) is 0 Å². The number of fused-ring (bicyclic) bond motifs is 1. The summed E-state index contributed by atoms with van der Waals surface area (Å²) in [7, 11) is 0. The molecule has 1 heterocycles. The molecule has 21 heavy (non-hydrogen) atoms. The molecule has 0 saturated heterocycles. The molecule has 0 fully saturated rings. The van der Waals surface area contributed by atoms with E-state index in [9.17, 15) is 4.79 Å². The van der Waals surface area contributed by atoms with E-state index in [1.807, 2.05) is 54.6 Å². The predicted molar refractivity (Wildman–Crippen MR) is 85.7 cm³/mol. The lowest BCUT2D eigenvalue weighted by Gasteiger charge is -2.09. The van der Waals surface area contributed by atoms with Gasteiger partial charge in [-0.25, -0.2) is 0 Å². The Morgan fingerprint density at radius 3 is 2.43 bits per heavy atom. The van der Waals surface area contributed by atoms with Gasteiger partial charge in [0, 0.05) is 18.4 Å². The number of hydrogen-bond acceptors (Lipinski definition) is 2. The van der Waals surface area contributed by atoms with E-state index in [-0.39, 0.29) is 5.43 Å². The molecule has 0 atom stereocenters. The number of rotatable bonds is 4. The van der Waals surface area contributed by atoms with Crippen LogP contribution in [0.15, 0.2) is 63.8 Å². The topological polar surface area (TPSA) is 30.2 Å². The molecule has 3 rings (SSSR count). The fourth-order valence-corrected chi connectivity index (χ4v) is 2.63. The van der Waals surface area contributed by atoms with E-state index in [1.165, 1.54) is 0 Å². The third-order valence-electron chi connectivity index (χ3n) is 3.68. The highest BCUT2D eigenvalue weighted by atomic mass is 16.3.